The molecular weight excluding hydrogens is 336 g/mol. The third-order valence-electron chi connectivity index (χ3n) is 6.08. The molecular formula is C22H30N4O. The van der Waals surface area contributed by atoms with Crippen LogP contribution in [0.1, 0.15) is 38.8 Å². The Kier molecular flexibility index (Phi) is 4.72. The van der Waals surface area contributed by atoms with Gasteiger partial charge in [0.2, 0.25) is 0 Å². The fourth-order valence-corrected chi connectivity index (χ4v) is 4.69. The monoisotopic (exact) mass is 366 g/mol. The van der Waals surface area contributed by atoms with Crippen molar-refractivity contribution in [3.05, 3.63) is 41.6 Å². The van der Waals surface area contributed by atoms with Crippen molar-refractivity contribution in [2.75, 3.05) is 19.6 Å². The van der Waals surface area contributed by atoms with Crippen molar-refractivity contribution in [3.8, 4) is 0 Å². The minimum Gasteiger partial charge on any atom is -0.361 e. The molecule has 2 heterocycles. The van der Waals surface area contributed by atoms with Gasteiger partial charge in [-0.3, -0.25) is 4.90 Å². The number of hydrogen-bond donors (Lipinski definition) is 2. The molecule has 0 spiro atoms. The van der Waals surface area contributed by atoms with E-state index < -0.39 is 0 Å². The Hall–Kier alpha value is -2.27. The van der Waals surface area contributed by atoms with Crippen molar-refractivity contribution < 1.29 is 4.79 Å². The number of urea groups is 1. The summed E-state index contributed by atoms with van der Waals surface area (Å²) in [4.78, 5) is 20.4. The van der Waals surface area contributed by atoms with E-state index >= 15 is 0 Å². The predicted molar refractivity (Wildman–Crippen MR) is 111 cm³/mol. The van der Waals surface area contributed by atoms with Crippen LogP contribution in [0.3, 0.4) is 0 Å². The van der Waals surface area contributed by atoms with E-state index in [9.17, 15) is 4.79 Å². The molecule has 1 aromatic heterocycles. The summed E-state index contributed by atoms with van der Waals surface area (Å²) in [5, 5.41) is 4.60. The number of nitrogens with zero attached hydrogens (tertiary/aromatic N) is 2. The normalized spacial score (nSPS) is 21.9. The van der Waals surface area contributed by atoms with Gasteiger partial charge < -0.3 is 15.2 Å². The van der Waals surface area contributed by atoms with Crippen molar-refractivity contribution in [1.82, 2.24) is 20.1 Å². The minimum atomic E-state index is 0.0281. The van der Waals surface area contributed by atoms with E-state index in [0.29, 0.717) is 12.1 Å². The molecule has 2 aromatic rings. The molecule has 5 nitrogen and oxygen atoms in total. The second kappa shape index (κ2) is 7.04. The van der Waals surface area contributed by atoms with Gasteiger partial charge in [0.25, 0.3) is 0 Å². The molecule has 1 aromatic carbocycles. The maximum atomic E-state index is 12.6. The summed E-state index contributed by atoms with van der Waals surface area (Å²) < 4.78 is 0. The second-order valence-corrected chi connectivity index (χ2v) is 7.90. The Labute approximate surface area is 161 Å². The van der Waals surface area contributed by atoms with Gasteiger partial charge in [-0.2, -0.15) is 0 Å². The standard InChI is InChI=1S/C22H30N4O/c1-5-25(6-2)22(27)24-16-11-18-17-8-7-9-19-21(17)15(12-23-19)10-20(18)26(13-16)14(3)4/h7-9,11-12,14,16,20,23H,5-6,10,13H2,1-4H3,(H,24,27)/t16-,20+/m0/s1. The molecule has 0 saturated carbocycles. The lowest BCUT2D eigenvalue weighted by molar-refractivity contribution is 0.158. The summed E-state index contributed by atoms with van der Waals surface area (Å²) >= 11 is 0. The van der Waals surface area contributed by atoms with Crippen LogP contribution in [0, 0.1) is 0 Å². The Morgan fingerprint density at radius 1 is 1.33 bits per heavy atom. The van der Waals surface area contributed by atoms with E-state index in [2.05, 4.69) is 59.5 Å². The number of aromatic amines is 1. The van der Waals surface area contributed by atoms with E-state index in [4.69, 9.17) is 0 Å². The third-order valence-corrected chi connectivity index (χ3v) is 6.08. The number of fused-ring (bicyclic) bond motifs is 2. The molecule has 4 rings (SSSR count). The van der Waals surface area contributed by atoms with Crippen LogP contribution in [0.2, 0.25) is 0 Å². The SMILES string of the molecule is CCN(CC)C(=O)N[C@H]1C=C2c3cccc4[nH]cc(c34)C[C@H]2N(C(C)C)C1. The number of aromatic nitrogens is 1. The fourth-order valence-electron chi connectivity index (χ4n) is 4.69. The summed E-state index contributed by atoms with van der Waals surface area (Å²) in [6.07, 6.45) is 5.49. The average molecular weight is 367 g/mol. The Bertz CT molecular complexity index is 878. The fraction of sp³-hybridized carbons (Fsp3) is 0.500. The first kappa shape index (κ1) is 18.1. The molecule has 0 unspecified atom stereocenters. The molecule has 1 aliphatic carbocycles. The highest BCUT2D eigenvalue weighted by Crippen LogP contribution is 2.40. The number of nitrogens with one attached hydrogen (secondary N) is 2. The van der Waals surface area contributed by atoms with Crippen molar-refractivity contribution in [2.24, 2.45) is 0 Å². The molecule has 0 fully saturated rings. The molecule has 1 aliphatic heterocycles. The predicted octanol–water partition coefficient (Wildman–Crippen LogP) is 3.62. The van der Waals surface area contributed by atoms with Gasteiger partial charge in [0.1, 0.15) is 0 Å². The summed E-state index contributed by atoms with van der Waals surface area (Å²) in [5.74, 6) is 0. The smallest absolute Gasteiger partial charge is 0.317 e. The number of carbonyl (C=O) groups excluding carboxylic acids is 1. The quantitative estimate of drug-likeness (QED) is 0.868. The van der Waals surface area contributed by atoms with Crippen LogP contribution in [-0.4, -0.2) is 58.6 Å². The van der Waals surface area contributed by atoms with Crippen LogP contribution in [0.25, 0.3) is 16.5 Å². The highest BCUT2D eigenvalue weighted by molar-refractivity contribution is 5.98. The molecule has 2 N–H and O–H groups in total. The maximum Gasteiger partial charge on any atom is 0.317 e. The van der Waals surface area contributed by atoms with E-state index in [1.165, 1.54) is 27.6 Å². The molecule has 2 aliphatic rings. The second-order valence-electron chi connectivity index (χ2n) is 7.90. The molecule has 2 atom stereocenters. The van der Waals surface area contributed by atoms with Crippen LogP contribution in [-0.2, 0) is 6.42 Å². The zero-order chi connectivity index (χ0) is 19.1. The van der Waals surface area contributed by atoms with Crippen molar-refractivity contribution in [3.63, 3.8) is 0 Å². The number of hydrogen-bond acceptors (Lipinski definition) is 2. The van der Waals surface area contributed by atoms with Gasteiger partial charge in [-0.25, -0.2) is 4.79 Å². The lowest BCUT2D eigenvalue weighted by Crippen LogP contribution is -2.55. The van der Waals surface area contributed by atoms with Gasteiger partial charge in [0.05, 0.1) is 6.04 Å². The number of rotatable bonds is 4. The van der Waals surface area contributed by atoms with Crippen LogP contribution in [0.4, 0.5) is 4.79 Å². The summed E-state index contributed by atoms with van der Waals surface area (Å²) in [6, 6.07) is 7.35. The molecule has 5 heteroatoms. The first-order valence-corrected chi connectivity index (χ1v) is 10.2. The van der Waals surface area contributed by atoms with Crippen LogP contribution >= 0.6 is 0 Å². The molecule has 0 bridgehead atoms. The average Bonchev–Trinajstić information content (AvgIpc) is 3.07. The molecule has 0 radical (unpaired) electrons. The van der Waals surface area contributed by atoms with E-state index in [1.807, 2.05) is 18.7 Å². The van der Waals surface area contributed by atoms with Gasteiger partial charge in [0.15, 0.2) is 0 Å². The first-order chi connectivity index (χ1) is 13.0. The molecule has 0 saturated heterocycles. The summed E-state index contributed by atoms with van der Waals surface area (Å²) in [7, 11) is 0. The zero-order valence-corrected chi connectivity index (χ0v) is 16.7. The van der Waals surface area contributed by atoms with Gasteiger partial charge >= 0.3 is 6.03 Å². The van der Waals surface area contributed by atoms with Gasteiger partial charge in [-0.05, 0) is 56.9 Å². The lowest BCUT2D eigenvalue weighted by Gasteiger charge is -2.44. The van der Waals surface area contributed by atoms with Crippen molar-refractivity contribution in [1.29, 1.82) is 0 Å². The van der Waals surface area contributed by atoms with Gasteiger partial charge in [0, 0.05) is 48.8 Å². The van der Waals surface area contributed by atoms with E-state index in [0.717, 1.165) is 26.1 Å². The highest BCUT2D eigenvalue weighted by atomic mass is 16.2. The van der Waals surface area contributed by atoms with E-state index in [-0.39, 0.29) is 12.1 Å². The van der Waals surface area contributed by atoms with E-state index in [1.54, 1.807) is 0 Å². The Morgan fingerprint density at radius 2 is 2.11 bits per heavy atom. The van der Waals surface area contributed by atoms with Crippen LogP contribution in [0.15, 0.2) is 30.5 Å². The number of carbonyl (C=O) groups is 1. The van der Waals surface area contributed by atoms with Crippen molar-refractivity contribution >= 4 is 22.5 Å². The Morgan fingerprint density at radius 3 is 2.81 bits per heavy atom. The largest absolute Gasteiger partial charge is 0.361 e. The number of amides is 2. The van der Waals surface area contributed by atoms with Crippen LogP contribution < -0.4 is 5.32 Å². The lowest BCUT2D eigenvalue weighted by atomic mass is 9.80. The molecule has 144 valence electrons. The number of H-pyrrole nitrogens is 1. The number of benzene rings is 1. The van der Waals surface area contributed by atoms with Gasteiger partial charge in [-0.1, -0.05) is 18.2 Å². The summed E-state index contributed by atoms with van der Waals surface area (Å²) in [6.45, 7) is 10.9. The topological polar surface area (TPSA) is 51.4 Å². The third kappa shape index (κ3) is 3.04. The Balaban J connectivity index is 1.73. The summed E-state index contributed by atoms with van der Waals surface area (Å²) in [5.41, 5.74) is 5.27. The maximum absolute atomic E-state index is 12.6. The van der Waals surface area contributed by atoms with Crippen LogP contribution in [0.5, 0.6) is 0 Å². The zero-order valence-electron chi connectivity index (χ0n) is 16.7. The molecule has 27 heavy (non-hydrogen) atoms. The highest BCUT2D eigenvalue weighted by Gasteiger charge is 2.36. The van der Waals surface area contributed by atoms with Crippen molar-refractivity contribution in [2.45, 2.75) is 52.2 Å². The first-order valence-electron chi connectivity index (χ1n) is 10.2. The minimum absolute atomic E-state index is 0.0281. The molecule has 2 amide bonds. The van der Waals surface area contributed by atoms with Gasteiger partial charge in [-0.15, -0.1) is 0 Å².